The molecule has 0 heterocycles. The molecule has 0 aromatic heterocycles. The summed E-state index contributed by atoms with van der Waals surface area (Å²) >= 11 is 0. The number of rotatable bonds is 8. The van der Waals surface area contributed by atoms with Gasteiger partial charge in [-0.3, -0.25) is 0 Å². The number of para-hydroxylation sites is 2. The normalized spacial score (nSPS) is 10.2. The first kappa shape index (κ1) is 19.2. The van der Waals surface area contributed by atoms with Gasteiger partial charge in [0.2, 0.25) is 0 Å². The van der Waals surface area contributed by atoms with Crippen molar-refractivity contribution in [2.45, 2.75) is 6.92 Å². The Hall–Kier alpha value is -3.53. The lowest BCUT2D eigenvalue weighted by Crippen LogP contribution is -2.12. The fourth-order valence-electron chi connectivity index (χ4n) is 2.71. The van der Waals surface area contributed by atoms with Crippen molar-refractivity contribution >= 4 is 23.0 Å². The largest absolute Gasteiger partial charge is 0.490 e. The summed E-state index contributed by atoms with van der Waals surface area (Å²) in [6, 6.07) is 28.2. The smallest absolute Gasteiger partial charge is 0.333 e. The van der Waals surface area contributed by atoms with Crippen molar-refractivity contribution in [2.24, 2.45) is 0 Å². The molecule has 4 heteroatoms. The van der Waals surface area contributed by atoms with Crippen LogP contribution in [0.25, 0.3) is 0 Å². The highest BCUT2D eigenvalue weighted by molar-refractivity contribution is 5.86. The molecule has 0 saturated carbocycles. The van der Waals surface area contributed by atoms with E-state index in [2.05, 4.69) is 35.7 Å². The molecule has 0 saturated heterocycles. The highest BCUT2D eigenvalue weighted by atomic mass is 16.6. The maximum absolute atomic E-state index is 11.4. The number of hydrogen-bond acceptors (Lipinski definition) is 4. The Bertz CT molecular complexity index is 866. The van der Waals surface area contributed by atoms with Crippen LogP contribution in [-0.4, -0.2) is 19.2 Å². The SMILES string of the molecule is C=C(C)C(=O)OCCOc1ccc(N(c2ccccc2)c2ccccc2)cc1. The molecule has 0 amide bonds. The van der Waals surface area contributed by atoms with E-state index in [1.807, 2.05) is 60.7 Å². The fraction of sp³-hybridized carbons (Fsp3) is 0.125. The molecule has 0 bridgehead atoms. The van der Waals surface area contributed by atoms with Gasteiger partial charge in [-0.25, -0.2) is 4.79 Å². The van der Waals surface area contributed by atoms with Crippen molar-refractivity contribution in [3.05, 3.63) is 97.1 Å². The van der Waals surface area contributed by atoms with E-state index in [0.29, 0.717) is 12.2 Å². The van der Waals surface area contributed by atoms with Gasteiger partial charge in [0.15, 0.2) is 0 Å². The van der Waals surface area contributed by atoms with Crippen LogP contribution in [0.1, 0.15) is 6.92 Å². The predicted molar refractivity (Wildman–Crippen MR) is 112 cm³/mol. The lowest BCUT2D eigenvalue weighted by molar-refractivity contribution is -0.139. The van der Waals surface area contributed by atoms with E-state index in [0.717, 1.165) is 22.8 Å². The Morgan fingerprint density at radius 3 is 1.79 bits per heavy atom. The molecule has 3 aromatic carbocycles. The molecular weight excluding hydrogens is 350 g/mol. The number of anilines is 3. The second-order valence-corrected chi connectivity index (χ2v) is 6.27. The molecule has 0 atom stereocenters. The van der Waals surface area contributed by atoms with E-state index in [9.17, 15) is 4.79 Å². The topological polar surface area (TPSA) is 38.8 Å². The van der Waals surface area contributed by atoms with E-state index < -0.39 is 5.97 Å². The van der Waals surface area contributed by atoms with E-state index >= 15 is 0 Å². The van der Waals surface area contributed by atoms with Gasteiger partial charge < -0.3 is 14.4 Å². The maximum atomic E-state index is 11.4. The second-order valence-electron chi connectivity index (χ2n) is 6.27. The zero-order valence-corrected chi connectivity index (χ0v) is 15.9. The summed E-state index contributed by atoms with van der Waals surface area (Å²) in [4.78, 5) is 13.5. The first-order valence-electron chi connectivity index (χ1n) is 9.11. The Kier molecular flexibility index (Phi) is 6.47. The van der Waals surface area contributed by atoms with Gasteiger partial charge in [-0.05, 0) is 55.5 Å². The molecule has 3 aromatic rings. The minimum Gasteiger partial charge on any atom is -0.490 e. The van der Waals surface area contributed by atoms with E-state index in [-0.39, 0.29) is 6.61 Å². The quantitative estimate of drug-likeness (QED) is 0.290. The maximum Gasteiger partial charge on any atom is 0.333 e. The van der Waals surface area contributed by atoms with Crippen LogP contribution < -0.4 is 9.64 Å². The van der Waals surface area contributed by atoms with Crippen LogP contribution in [0.15, 0.2) is 97.1 Å². The van der Waals surface area contributed by atoms with Gasteiger partial charge >= 0.3 is 5.97 Å². The average molecular weight is 373 g/mol. The summed E-state index contributed by atoms with van der Waals surface area (Å²) in [5.74, 6) is 0.316. The van der Waals surface area contributed by atoms with Gasteiger partial charge in [-0.15, -0.1) is 0 Å². The second kappa shape index (κ2) is 9.42. The van der Waals surface area contributed by atoms with E-state index in [1.54, 1.807) is 6.92 Å². The zero-order valence-electron chi connectivity index (χ0n) is 15.9. The molecule has 3 rings (SSSR count). The molecule has 0 aliphatic heterocycles. The Morgan fingerprint density at radius 1 is 0.786 bits per heavy atom. The molecule has 0 aliphatic rings. The molecule has 28 heavy (non-hydrogen) atoms. The van der Waals surface area contributed by atoms with Crippen molar-refractivity contribution in [3.63, 3.8) is 0 Å². The standard InChI is InChI=1S/C24H23NO3/c1-19(2)24(26)28-18-17-27-23-15-13-22(14-16-23)25(20-9-5-3-6-10-20)21-11-7-4-8-12-21/h3-16H,1,17-18H2,2H3. The fourth-order valence-corrected chi connectivity index (χ4v) is 2.71. The number of nitrogens with zero attached hydrogens (tertiary/aromatic N) is 1. The zero-order chi connectivity index (χ0) is 19.8. The third-order valence-corrected chi connectivity index (χ3v) is 4.06. The number of carbonyl (C=O) groups is 1. The van der Waals surface area contributed by atoms with Gasteiger partial charge in [-0.1, -0.05) is 43.0 Å². The first-order valence-corrected chi connectivity index (χ1v) is 9.11. The summed E-state index contributed by atoms with van der Waals surface area (Å²) < 4.78 is 10.7. The molecule has 0 aliphatic carbocycles. The van der Waals surface area contributed by atoms with Crippen molar-refractivity contribution in [3.8, 4) is 5.75 Å². The number of hydrogen-bond donors (Lipinski definition) is 0. The van der Waals surface area contributed by atoms with Gasteiger partial charge in [0.1, 0.15) is 19.0 Å². The average Bonchev–Trinajstić information content (AvgIpc) is 2.74. The highest BCUT2D eigenvalue weighted by Crippen LogP contribution is 2.34. The minimum absolute atomic E-state index is 0.188. The summed E-state index contributed by atoms with van der Waals surface area (Å²) in [5, 5.41) is 0. The lowest BCUT2D eigenvalue weighted by atomic mass is 10.2. The molecule has 0 fully saturated rings. The predicted octanol–water partition coefficient (Wildman–Crippen LogP) is 5.65. The van der Waals surface area contributed by atoms with Crippen molar-refractivity contribution < 1.29 is 14.3 Å². The monoisotopic (exact) mass is 373 g/mol. The molecule has 0 unspecified atom stereocenters. The third-order valence-electron chi connectivity index (χ3n) is 4.06. The number of carbonyl (C=O) groups excluding carboxylic acids is 1. The van der Waals surface area contributed by atoms with Crippen molar-refractivity contribution in [1.82, 2.24) is 0 Å². The van der Waals surface area contributed by atoms with Crippen LogP contribution in [-0.2, 0) is 9.53 Å². The third kappa shape index (κ3) is 5.01. The van der Waals surface area contributed by atoms with Gasteiger partial charge in [-0.2, -0.15) is 0 Å². The first-order chi connectivity index (χ1) is 13.6. The van der Waals surface area contributed by atoms with Gasteiger partial charge in [0.25, 0.3) is 0 Å². The minimum atomic E-state index is -0.402. The van der Waals surface area contributed by atoms with Gasteiger partial charge in [0.05, 0.1) is 0 Å². The van der Waals surface area contributed by atoms with Crippen LogP contribution in [0, 0.1) is 0 Å². The Morgan fingerprint density at radius 2 is 1.29 bits per heavy atom. The number of benzene rings is 3. The summed E-state index contributed by atoms with van der Waals surface area (Å²) in [6.07, 6.45) is 0. The van der Waals surface area contributed by atoms with E-state index in [4.69, 9.17) is 9.47 Å². The molecule has 142 valence electrons. The molecule has 0 spiro atoms. The summed E-state index contributed by atoms with van der Waals surface area (Å²) in [7, 11) is 0. The van der Waals surface area contributed by atoms with Crippen molar-refractivity contribution in [2.75, 3.05) is 18.1 Å². The number of esters is 1. The van der Waals surface area contributed by atoms with Crippen LogP contribution in [0.2, 0.25) is 0 Å². The van der Waals surface area contributed by atoms with Crippen LogP contribution in [0.3, 0.4) is 0 Å². The lowest BCUT2D eigenvalue weighted by Gasteiger charge is -2.25. The molecule has 0 radical (unpaired) electrons. The Labute approximate surface area is 165 Å². The van der Waals surface area contributed by atoms with Crippen LogP contribution in [0.4, 0.5) is 17.1 Å². The number of ether oxygens (including phenoxy) is 2. The van der Waals surface area contributed by atoms with E-state index in [1.165, 1.54) is 0 Å². The molecular formula is C24H23NO3. The summed E-state index contributed by atoms with van der Waals surface area (Å²) in [5.41, 5.74) is 3.56. The Balaban J connectivity index is 1.71. The van der Waals surface area contributed by atoms with Crippen molar-refractivity contribution in [1.29, 1.82) is 0 Å². The molecule has 4 nitrogen and oxygen atoms in total. The van der Waals surface area contributed by atoms with Gasteiger partial charge in [0, 0.05) is 22.6 Å². The van der Waals surface area contributed by atoms with Crippen LogP contribution >= 0.6 is 0 Å². The van der Waals surface area contributed by atoms with Crippen LogP contribution in [0.5, 0.6) is 5.75 Å². The highest BCUT2D eigenvalue weighted by Gasteiger charge is 2.11. The molecule has 0 N–H and O–H groups in total. The summed E-state index contributed by atoms with van der Waals surface area (Å²) in [6.45, 7) is 5.65.